The number of nitrogens with one attached hydrogen (secondary N) is 1. The molecule has 1 aliphatic rings. The molecule has 1 aliphatic heterocycles. The van der Waals surface area contributed by atoms with Crippen molar-refractivity contribution in [1.29, 1.82) is 0 Å². The largest absolute Gasteiger partial charge is 0.350 e. The van der Waals surface area contributed by atoms with Crippen LogP contribution in [0.4, 0.5) is 11.4 Å². The quantitative estimate of drug-likeness (QED) is 0.608. The molecule has 1 N–H and O–H groups in total. The number of benzene rings is 3. The van der Waals surface area contributed by atoms with Crippen molar-refractivity contribution in [3.05, 3.63) is 100 Å². The highest BCUT2D eigenvalue weighted by atomic mass is 16.2. The van der Waals surface area contributed by atoms with E-state index in [0.29, 0.717) is 22.5 Å². The number of carbonyl (C=O) groups is 2. The summed E-state index contributed by atoms with van der Waals surface area (Å²) < 4.78 is 0. The van der Waals surface area contributed by atoms with E-state index in [-0.39, 0.29) is 11.8 Å². The monoisotopic (exact) mass is 396 g/mol. The van der Waals surface area contributed by atoms with E-state index in [0.717, 1.165) is 27.9 Å². The maximum absolute atomic E-state index is 13.5. The second-order valence-electron chi connectivity index (χ2n) is 7.83. The summed E-state index contributed by atoms with van der Waals surface area (Å²) in [6.45, 7) is 8.00. The van der Waals surface area contributed by atoms with Gasteiger partial charge in [0.15, 0.2) is 0 Å². The summed E-state index contributed by atoms with van der Waals surface area (Å²) >= 11 is 0. The fourth-order valence-corrected chi connectivity index (χ4v) is 3.81. The van der Waals surface area contributed by atoms with Crippen LogP contribution in [0, 0.1) is 27.7 Å². The van der Waals surface area contributed by atoms with Crippen LogP contribution in [0.2, 0.25) is 0 Å². The van der Waals surface area contributed by atoms with E-state index in [4.69, 9.17) is 0 Å². The molecule has 1 heterocycles. The summed E-state index contributed by atoms with van der Waals surface area (Å²) in [6, 6.07) is 21.0. The Morgan fingerprint density at radius 1 is 0.700 bits per heavy atom. The first-order chi connectivity index (χ1) is 14.3. The van der Waals surface area contributed by atoms with Crippen molar-refractivity contribution >= 4 is 28.8 Å². The Kier molecular flexibility index (Phi) is 5.00. The van der Waals surface area contributed by atoms with Crippen LogP contribution in [-0.2, 0) is 9.59 Å². The maximum Gasteiger partial charge on any atom is 0.282 e. The molecule has 4 rings (SSSR count). The molecule has 3 aromatic rings. The summed E-state index contributed by atoms with van der Waals surface area (Å²) in [7, 11) is 0. The summed E-state index contributed by atoms with van der Waals surface area (Å²) in [6.07, 6.45) is 0. The number of nitrogens with zero attached hydrogens (tertiary/aromatic N) is 1. The lowest BCUT2D eigenvalue weighted by Crippen LogP contribution is -2.32. The van der Waals surface area contributed by atoms with Crippen LogP contribution >= 0.6 is 0 Å². The third-order valence-electron chi connectivity index (χ3n) is 5.39. The molecule has 3 aromatic carbocycles. The smallest absolute Gasteiger partial charge is 0.282 e. The zero-order chi connectivity index (χ0) is 21.4. The van der Waals surface area contributed by atoms with Crippen molar-refractivity contribution in [1.82, 2.24) is 0 Å². The number of hydrogen-bond donors (Lipinski definition) is 1. The summed E-state index contributed by atoms with van der Waals surface area (Å²) in [5.41, 5.74) is 7.09. The SMILES string of the molecule is Cc1cc(C)cc(NC2=C(c3ccccc3)C(=O)N(c3ccc(C)c(C)c3)C2=O)c1. The van der Waals surface area contributed by atoms with Crippen molar-refractivity contribution in [3.63, 3.8) is 0 Å². The van der Waals surface area contributed by atoms with Crippen LogP contribution in [0.1, 0.15) is 27.8 Å². The first-order valence-electron chi connectivity index (χ1n) is 9.96. The zero-order valence-electron chi connectivity index (χ0n) is 17.6. The van der Waals surface area contributed by atoms with Crippen LogP contribution in [0.5, 0.6) is 0 Å². The molecule has 0 saturated heterocycles. The van der Waals surface area contributed by atoms with Crippen molar-refractivity contribution < 1.29 is 9.59 Å². The molecule has 4 nitrogen and oxygen atoms in total. The standard InChI is InChI=1S/C26H24N2O2/c1-16-12-17(2)14-21(13-16)27-24-23(20-8-6-5-7-9-20)25(29)28(26(24)30)22-11-10-18(3)19(4)15-22/h5-15,27H,1-4H3. The first-order valence-corrected chi connectivity index (χ1v) is 9.96. The van der Waals surface area contributed by atoms with Gasteiger partial charge >= 0.3 is 0 Å². The van der Waals surface area contributed by atoms with E-state index < -0.39 is 0 Å². The van der Waals surface area contributed by atoms with E-state index in [1.54, 1.807) is 0 Å². The summed E-state index contributed by atoms with van der Waals surface area (Å²) in [5, 5.41) is 3.24. The number of aryl methyl sites for hydroxylation is 4. The van der Waals surface area contributed by atoms with Gasteiger partial charge in [-0.05, 0) is 79.8 Å². The highest BCUT2D eigenvalue weighted by Crippen LogP contribution is 2.34. The van der Waals surface area contributed by atoms with Gasteiger partial charge in [0.2, 0.25) is 0 Å². The van der Waals surface area contributed by atoms with E-state index in [2.05, 4.69) is 11.4 Å². The van der Waals surface area contributed by atoms with Crippen LogP contribution < -0.4 is 10.2 Å². The molecule has 150 valence electrons. The van der Waals surface area contributed by atoms with Crippen molar-refractivity contribution in [2.24, 2.45) is 0 Å². The molecular formula is C26H24N2O2. The molecule has 0 aromatic heterocycles. The first kappa shape index (κ1) is 19.6. The fraction of sp³-hybridized carbons (Fsp3) is 0.154. The molecule has 0 saturated carbocycles. The average Bonchev–Trinajstić information content (AvgIpc) is 2.94. The molecule has 0 spiro atoms. The fourth-order valence-electron chi connectivity index (χ4n) is 3.81. The van der Waals surface area contributed by atoms with Crippen LogP contribution in [0.15, 0.2) is 72.4 Å². The number of rotatable bonds is 4. The minimum absolute atomic E-state index is 0.300. The number of amides is 2. The third kappa shape index (κ3) is 3.52. The minimum Gasteiger partial charge on any atom is -0.350 e. The Hall–Kier alpha value is -3.66. The molecule has 0 aliphatic carbocycles. The Balaban J connectivity index is 1.83. The predicted octanol–water partition coefficient (Wildman–Crippen LogP) is 5.32. The third-order valence-corrected chi connectivity index (χ3v) is 5.39. The van der Waals surface area contributed by atoms with Crippen LogP contribution in [-0.4, -0.2) is 11.8 Å². The predicted molar refractivity (Wildman–Crippen MR) is 121 cm³/mol. The lowest BCUT2D eigenvalue weighted by molar-refractivity contribution is -0.120. The lowest BCUT2D eigenvalue weighted by Gasteiger charge is -2.17. The van der Waals surface area contributed by atoms with Gasteiger partial charge in [-0.25, -0.2) is 4.90 Å². The van der Waals surface area contributed by atoms with Gasteiger partial charge in [-0.15, -0.1) is 0 Å². The topological polar surface area (TPSA) is 49.4 Å². The molecule has 30 heavy (non-hydrogen) atoms. The Bertz CT molecular complexity index is 1170. The summed E-state index contributed by atoms with van der Waals surface area (Å²) in [5.74, 6) is -0.664. The van der Waals surface area contributed by atoms with Gasteiger partial charge < -0.3 is 5.32 Å². The Labute approximate surface area is 176 Å². The number of anilines is 2. The second kappa shape index (κ2) is 7.64. The van der Waals surface area contributed by atoms with Crippen molar-refractivity contribution in [3.8, 4) is 0 Å². The van der Waals surface area contributed by atoms with Gasteiger partial charge in [-0.3, -0.25) is 9.59 Å². The van der Waals surface area contributed by atoms with E-state index in [9.17, 15) is 9.59 Å². The van der Waals surface area contributed by atoms with Gasteiger partial charge in [0.1, 0.15) is 5.70 Å². The van der Waals surface area contributed by atoms with Crippen molar-refractivity contribution in [2.45, 2.75) is 27.7 Å². The molecule has 0 fully saturated rings. The Morgan fingerprint density at radius 2 is 1.37 bits per heavy atom. The molecule has 0 unspecified atom stereocenters. The van der Waals surface area contributed by atoms with Crippen molar-refractivity contribution in [2.75, 3.05) is 10.2 Å². The normalized spacial score (nSPS) is 13.9. The van der Waals surface area contributed by atoms with Crippen LogP contribution in [0.3, 0.4) is 0 Å². The van der Waals surface area contributed by atoms with Gasteiger partial charge in [-0.1, -0.05) is 42.5 Å². The van der Waals surface area contributed by atoms with Gasteiger partial charge in [0, 0.05) is 5.69 Å². The van der Waals surface area contributed by atoms with Gasteiger partial charge in [0.05, 0.1) is 11.3 Å². The zero-order valence-corrected chi connectivity index (χ0v) is 17.6. The lowest BCUT2D eigenvalue weighted by atomic mass is 10.0. The molecule has 0 radical (unpaired) electrons. The number of carbonyl (C=O) groups excluding carboxylic acids is 2. The molecule has 0 atom stereocenters. The maximum atomic E-state index is 13.5. The minimum atomic E-state index is -0.346. The van der Waals surface area contributed by atoms with E-state index in [1.807, 2.05) is 88.4 Å². The van der Waals surface area contributed by atoms with Gasteiger partial charge in [-0.2, -0.15) is 0 Å². The molecule has 2 amide bonds. The molecule has 4 heteroatoms. The van der Waals surface area contributed by atoms with E-state index in [1.165, 1.54) is 4.90 Å². The summed E-state index contributed by atoms with van der Waals surface area (Å²) in [4.78, 5) is 28.2. The highest BCUT2D eigenvalue weighted by molar-refractivity contribution is 6.46. The molecular weight excluding hydrogens is 372 g/mol. The second-order valence-corrected chi connectivity index (χ2v) is 7.83. The number of hydrogen-bond acceptors (Lipinski definition) is 3. The highest BCUT2D eigenvalue weighted by Gasteiger charge is 2.40. The average molecular weight is 396 g/mol. The Morgan fingerprint density at radius 3 is 2.00 bits per heavy atom. The van der Waals surface area contributed by atoms with Gasteiger partial charge in [0.25, 0.3) is 11.8 Å². The van der Waals surface area contributed by atoms with Crippen LogP contribution in [0.25, 0.3) is 5.57 Å². The number of imide groups is 1. The van der Waals surface area contributed by atoms with E-state index >= 15 is 0 Å². The molecule has 0 bridgehead atoms.